The van der Waals surface area contributed by atoms with Gasteiger partial charge in [-0.2, -0.15) is 0 Å². The van der Waals surface area contributed by atoms with Gasteiger partial charge < -0.3 is 15.7 Å². The first-order chi connectivity index (χ1) is 15.1. The average molecular weight is 430 g/mol. The van der Waals surface area contributed by atoms with Gasteiger partial charge in [-0.3, -0.25) is 0 Å². The zero-order valence-electron chi connectivity index (χ0n) is 16.8. The lowest BCUT2D eigenvalue weighted by Gasteiger charge is -2.28. The molecule has 5 heteroatoms. The summed E-state index contributed by atoms with van der Waals surface area (Å²) in [5, 5.41) is 15.9. The highest BCUT2D eigenvalue weighted by atomic mass is 35.5. The van der Waals surface area contributed by atoms with Gasteiger partial charge in [-0.15, -0.1) is 0 Å². The number of rotatable bonds is 5. The van der Waals surface area contributed by atoms with E-state index in [9.17, 15) is 4.39 Å². The molecule has 2 aliphatic heterocycles. The van der Waals surface area contributed by atoms with E-state index in [2.05, 4.69) is 12.2 Å². The van der Waals surface area contributed by atoms with Gasteiger partial charge in [-0.25, -0.2) is 4.39 Å². The van der Waals surface area contributed by atoms with E-state index in [1.807, 2.05) is 59.7 Å². The molecule has 0 radical (unpaired) electrons. The molecular formula is C26H21ClFN3. The summed E-state index contributed by atoms with van der Waals surface area (Å²) < 4.78 is 13.7. The molecule has 3 nitrogen and oxygen atoms in total. The molecule has 0 amide bonds. The van der Waals surface area contributed by atoms with Crippen molar-refractivity contribution in [2.24, 2.45) is 0 Å². The molecule has 1 aromatic rings. The first kappa shape index (κ1) is 20.8. The van der Waals surface area contributed by atoms with E-state index < -0.39 is 5.82 Å². The van der Waals surface area contributed by atoms with Crippen molar-refractivity contribution in [3.63, 3.8) is 0 Å². The zero-order chi connectivity index (χ0) is 21.8. The van der Waals surface area contributed by atoms with Crippen LogP contribution >= 0.6 is 11.6 Å². The SMILES string of the molecule is N=CCC(=N)C1=CC=CC=C2C=CC(C3=C(c4ccc(F)c(Cl)c4)CC=CC=C3)=CN21. The van der Waals surface area contributed by atoms with E-state index in [1.165, 1.54) is 12.3 Å². The fourth-order valence-corrected chi connectivity index (χ4v) is 3.88. The topological polar surface area (TPSA) is 50.9 Å². The Labute approximate surface area is 186 Å². The van der Waals surface area contributed by atoms with Crippen LogP contribution in [0.4, 0.5) is 4.39 Å². The maximum atomic E-state index is 13.7. The second kappa shape index (κ2) is 9.11. The molecule has 2 heterocycles. The molecule has 0 aromatic heterocycles. The van der Waals surface area contributed by atoms with E-state index in [0.717, 1.165) is 33.7 Å². The van der Waals surface area contributed by atoms with Crippen LogP contribution in [0.2, 0.25) is 5.02 Å². The van der Waals surface area contributed by atoms with Crippen molar-refractivity contribution in [2.75, 3.05) is 0 Å². The predicted molar refractivity (Wildman–Crippen MR) is 127 cm³/mol. The molecule has 1 aromatic carbocycles. The Kier molecular flexibility index (Phi) is 6.10. The monoisotopic (exact) mass is 429 g/mol. The first-order valence-electron chi connectivity index (χ1n) is 9.95. The number of hydrogen-bond acceptors (Lipinski definition) is 3. The molecule has 0 saturated carbocycles. The second-order valence-electron chi connectivity index (χ2n) is 7.22. The van der Waals surface area contributed by atoms with E-state index in [1.54, 1.807) is 12.1 Å². The molecule has 2 N–H and O–H groups in total. The summed E-state index contributed by atoms with van der Waals surface area (Å²) in [7, 11) is 0. The summed E-state index contributed by atoms with van der Waals surface area (Å²) in [5.74, 6) is -0.435. The third-order valence-corrected chi connectivity index (χ3v) is 5.51. The van der Waals surface area contributed by atoms with Crippen LogP contribution in [-0.2, 0) is 0 Å². The maximum Gasteiger partial charge on any atom is 0.141 e. The van der Waals surface area contributed by atoms with Crippen molar-refractivity contribution in [3.8, 4) is 0 Å². The quantitative estimate of drug-likeness (QED) is 0.491. The van der Waals surface area contributed by atoms with Crippen LogP contribution in [0.1, 0.15) is 18.4 Å². The number of hydrogen-bond donors (Lipinski definition) is 2. The van der Waals surface area contributed by atoms with Gasteiger partial charge in [0.1, 0.15) is 5.82 Å². The molecule has 0 fully saturated rings. The Morgan fingerprint density at radius 1 is 1.10 bits per heavy atom. The minimum absolute atomic E-state index is 0.101. The number of nitrogens with zero attached hydrogens (tertiary/aromatic N) is 1. The maximum absolute atomic E-state index is 13.7. The Bertz CT molecular complexity index is 1190. The highest BCUT2D eigenvalue weighted by Gasteiger charge is 2.21. The summed E-state index contributed by atoms with van der Waals surface area (Å²) in [6.45, 7) is 0. The van der Waals surface area contributed by atoms with E-state index >= 15 is 0 Å². The highest BCUT2D eigenvalue weighted by molar-refractivity contribution is 6.30. The van der Waals surface area contributed by atoms with Crippen molar-refractivity contribution in [2.45, 2.75) is 12.8 Å². The molecule has 0 spiro atoms. The summed E-state index contributed by atoms with van der Waals surface area (Å²) in [6, 6.07) is 4.81. The lowest BCUT2D eigenvalue weighted by Crippen LogP contribution is -2.23. The van der Waals surface area contributed by atoms with Gasteiger partial charge in [-0.05, 0) is 59.1 Å². The number of nitrogens with one attached hydrogen (secondary N) is 2. The van der Waals surface area contributed by atoms with Crippen LogP contribution in [0.5, 0.6) is 0 Å². The third kappa shape index (κ3) is 4.35. The fraction of sp³-hybridized carbons (Fsp3) is 0.0769. The molecule has 154 valence electrons. The van der Waals surface area contributed by atoms with Gasteiger partial charge in [0, 0.05) is 24.5 Å². The van der Waals surface area contributed by atoms with Gasteiger partial charge in [0.2, 0.25) is 0 Å². The molecule has 0 unspecified atom stereocenters. The molecule has 0 bridgehead atoms. The molecule has 1 aliphatic carbocycles. The van der Waals surface area contributed by atoms with Gasteiger partial charge in [0.15, 0.2) is 0 Å². The van der Waals surface area contributed by atoms with Crippen LogP contribution in [0, 0.1) is 16.6 Å². The van der Waals surface area contributed by atoms with Gasteiger partial charge in [-0.1, -0.05) is 60.2 Å². The van der Waals surface area contributed by atoms with Crippen molar-refractivity contribution in [1.82, 2.24) is 4.90 Å². The molecule has 4 rings (SSSR count). The van der Waals surface area contributed by atoms with Crippen molar-refractivity contribution >= 4 is 29.1 Å². The Morgan fingerprint density at radius 2 is 1.94 bits per heavy atom. The number of allylic oxidation sites excluding steroid dienone is 14. The van der Waals surface area contributed by atoms with Crippen LogP contribution in [-0.4, -0.2) is 16.8 Å². The molecule has 3 aliphatic rings. The van der Waals surface area contributed by atoms with Gasteiger partial charge >= 0.3 is 0 Å². The lowest BCUT2D eigenvalue weighted by atomic mass is 9.91. The summed E-state index contributed by atoms with van der Waals surface area (Å²) in [5.41, 5.74) is 5.95. The molecule has 0 atom stereocenters. The third-order valence-electron chi connectivity index (χ3n) is 5.22. The summed E-state index contributed by atoms with van der Waals surface area (Å²) >= 11 is 6.07. The standard InChI is InChI=1S/C26H21ClFN3/c27-23-16-18(11-13-24(23)28)21-7-2-1-3-8-22(21)19-10-12-20-6-4-5-9-26(31(20)17-19)25(30)14-15-29/h1-6,8-13,15-17,29-30H,7,14H2. The Morgan fingerprint density at radius 3 is 2.74 bits per heavy atom. The van der Waals surface area contributed by atoms with Crippen LogP contribution in [0.3, 0.4) is 0 Å². The van der Waals surface area contributed by atoms with Crippen molar-refractivity contribution < 1.29 is 4.39 Å². The largest absolute Gasteiger partial charge is 0.315 e. The predicted octanol–water partition coefficient (Wildman–Crippen LogP) is 6.90. The minimum atomic E-state index is -0.435. The molecule has 31 heavy (non-hydrogen) atoms. The highest BCUT2D eigenvalue weighted by Crippen LogP contribution is 2.35. The number of benzene rings is 1. The van der Waals surface area contributed by atoms with E-state index in [-0.39, 0.29) is 11.4 Å². The normalized spacial score (nSPS) is 17.5. The summed E-state index contributed by atoms with van der Waals surface area (Å²) in [4.78, 5) is 1.98. The van der Waals surface area contributed by atoms with Gasteiger partial charge in [0.25, 0.3) is 0 Å². The molecular weight excluding hydrogens is 409 g/mol. The average Bonchev–Trinajstić information content (AvgIpc) is 3.14. The van der Waals surface area contributed by atoms with Crippen LogP contribution < -0.4 is 0 Å². The second-order valence-corrected chi connectivity index (χ2v) is 7.62. The minimum Gasteiger partial charge on any atom is -0.315 e. The van der Waals surface area contributed by atoms with Crippen LogP contribution in [0.15, 0.2) is 108 Å². The lowest BCUT2D eigenvalue weighted by molar-refractivity contribution is 0.613. The molecule has 0 saturated heterocycles. The first-order valence-corrected chi connectivity index (χ1v) is 10.3. The van der Waals surface area contributed by atoms with E-state index in [0.29, 0.717) is 12.1 Å². The summed E-state index contributed by atoms with van der Waals surface area (Å²) in [6.07, 6.45) is 24.1. The zero-order valence-corrected chi connectivity index (χ0v) is 17.5. The number of fused-ring (bicyclic) bond motifs is 1. The van der Waals surface area contributed by atoms with Gasteiger partial charge in [0.05, 0.1) is 16.4 Å². The van der Waals surface area contributed by atoms with Crippen molar-refractivity contribution in [1.29, 1.82) is 10.8 Å². The van der Waals surface area contributed by atoms with Crippen LogP contribution in [0.25, 0.3) is 5.57 Å². The fourth-order valence-electron chi connectivity index (χ4n) is 3.70. The Balaban J connectivity index is 1.82. The van der Waals surface area contributed by atoms with E-state index in [4.69, 9.17) is 22.4 Å². The van der Waals surface area contributed by atoms with Crippen molar-refractivity contribution in [3.05, 3.63) is 124 Å². The smallest absolute Gasteiger partial charge is 0.141 e. The Hall–Kier alpha value is -3.50. The number of halogens is 2.